The minimum Gasteiger partial charge on any atom is -0.480 e. The SMILES string of the molecule is CCN(CC(=O)O)C(=O)c1ccc(F)cc1[N+](=O)[O-]. The van der Waals surface area contributed by atoms with Crippen molar-refractivity contribution in [2.45, 2.75) is 6.92 Å². The molecule has 1 aromatic carbocycles. The van der Waals surface area contributed by atoms with Gasteiger partial charge in [0, 0.05) is 6.54 Å². The van der Waals surface area contributed by atoms with Crippen LogP contribution in [-0.2, 0) is 4.79 Å². The lowest BCUT2D eigenvalue weighted by Gasteiger charge is -2.18. The Morgan fingerprint density at radius 2 is 2.11 bits per heavy atom. The maximum atomic E-state index is 12.9. The first-order valence-electron chi connectivity index (χ1n) is 5.31. The van der Waals surface area contributed by atoms with Crippen molar-refractivity contribution >= 4 is 17.6 Å². The number of nitro groups is 1. The van der Waals surface area contributed by atoms with Crippen molar-refractivity contribution in [1.82, 2.24) is 4.90 Å². The number of rotatable bonds is 5. The zero-order valence-electron chi connectivity index (χ0n) is 10.00. The molecule has 0 unspecified atom stereocenters. The lowest BCUT2D eigenvalue weighted by atomic mass is 10.1. The van der Waals surface area contributed by atoms with Crippen molar-refractivity contribution in [2.75, 3.05) is 13.1 Å². The monoisotopic (exact) mass is 270 g/mol. The largest absolute Gasteiger partial charge is 0.480 e. The quantitative estimate of drug-likeness (QED) is 0.641. The van der Waals surface area contributed by atoms with Crippen LogP contribution in [0, 0.1) is 15.9 Å². The Morgan fingerprint density at radius 1 is 1.47 bits per heavy atom. The molecule has 8 heteroatoms. The van der Waals surface area contributed by atoms with Crippen LogP contribution in [0.1, 0.15) is 17.3 Å². The third kappa shape index (κ3) is 3.47. The molecule has 0 atom stereocenters. The molecule has 7 nitrogen and oxygen atoms in total. The van der Waals surface area contributed by atoms with Crippen LogP contribution < -0.4 is 0 Å². The summed E-state index contributed by atoms with van der Waals surface area (Å²) in [6.45, 7) is 1.03. The molecule has 1 N–H and O–H groups in total. The van der Waals surface area contributed by atoms with Crippen molar-refractivity contribution in [1.29, 1.82) is 0 Å². The Kier molecular flexibility index (Phi) is 4.51. The summed E-state index contributed by atoms with van der Waals surface area (Å²) in [5.41, 5.74) is -1.02. The zero-order chi connectivity index (χ0) is 14.6. The van der Waals surface area contributed by atoms with Gasteiger partial charge in [-0.1, -0.05) is 0 Å². The van der Waals surface area contributed by atoms with Crippen LogP contribution in [0.25, 0.3) is 0 Å². The molecule has 102 valence electrons. The highest BCUT2D eigenvalue weighted by molar-refractivity contribution is 5.99. The number of carbonyl (C=O) groups excluding carboxylic acids is 1. The molecule has 19 heavy (non-hydrogen) atoms. The van der Waals surface area contributed by atoms with E-state index in [1.807, 2.05) is 0 Å². The summed E-state index contributed by atoms with van der Waals surface area (Å²) >= 11 is 0. The van der Waals surface area contributed by atoms with Gasteiger partial charge in [-0.05, 0) is 19.1 Å². The predicted octanol–water partition coefficient (Wildman–Crippen LogP) is 1.28. The fourth-order valence-corrected chi connectivity index (χ4v) is 1.50. The van der Waals surface area contributed by atoms with Crippen molar-refractivity contribution < 1.29 is 24.0 Å². The number of likely N-dealkylation sites (N-methyl/N-ethyl adjacent to an activating group) is 1. The average molecular weight is 270 g/mol. The molecule has 0 radical (unpaired) electrons. The van der Waals surface area contributed by atoms with E-state index in [-0.39, 0.29) is 12.1 Å². The summed E-state index contributed by atoms with van der Waals surface area (Å²) in [6, 6.07) is 2.51. The highest BCUT2D eigenvalue weighted by atomic mass is 19.1. The highest BCUT2D eigenvalue weighted by Crippen LogP contribution is 2.21. The molecule has 0 aliphatic heterocycles. The Labute approximate surface area is 107 Å². The van der Waals surface area contributed by atoms with Gasteiger partial charge >= 0.3 is 5.97 Å². The molecule has 1 rings (SSSR count). The van der Waals surface area contributed by atoms with Gasteiger partial charge in [-0.3, -0.25) is 19.7 Å². The standard InChI is InChI=1S/C11H11FN2O5/c1-2-13(6-10(15)16)11(17)8-4-3-7(12)5-9(8)14(18)19/h3-5H,2,6H2,1H3,(H,15,16). The van der Waals surface area contributed by atoms with E-state index in [0.29, 0.717) is 6.07 Å². The summed E-state index contributed by atoms with van der Waals surface area (Å²) < 4.78 is 12.9. The topological polar surface area (TPSA) is 101 Å². The number of benzene rings is 1. The molecule has 0 bridgehead atoms. The van der Waals surface area contributed by atoms with Crippen molar-refractivity contribution in [3.63, 3.8) is 0 Å². The number of hydrogen-bond donors (Lipinski definition) is 1. The van der Waals surface area contributed by atoms with Crippen LogP contribution in [0.5, 0.6) is 0 Å². The molecule has 0 aliphatic rings. The molecular formula is C11H11FN2O5. The molecule has 0 aliphatic carbocycles. The summed E-state index contributed by atoms with van der Waals surface area (Å²) in [4.78, 5) is 33.4. The van der Waals surface area contributed by atoms with Gasteiger partial charge in [-0.15, -0.1) is 0 Å². The highest BCUT2D eigenvalue weighted by Gasteiger charge is 2.25. The summed E-state index contributed by atoms with van der Waals surface area (Å²) in [7, 11) is 0. The normalized spacial score (nSPS) is 10.0. The van der Waals surface area contributed by atoms with Crippen molar-refractivity contribution in [2.24, 2.45) is 0 Å². The van der Waals surface area contributed by atoms with Gasteiger partial charge in [0.15, 0.2) is 0 Å². The first-order valence-corrected chi connectivity index (χ1v) is 5.31. The second kappa shape index (κ2) is 5.89. The second-order valence-electron chi connectivity index (χ2n) is 3.63. The Balaban J connectivity index is 3.17. The number of carboxylic acid groups (broad SMARTS) is 1. The fourth-order valence-electron chi connectivity index (χ4n) is 1.50. The lowest BCUT2D eigenvalue weighted by Crippen LogP contribution is -2.35. The molecule has 0 heterocycles. The Bertz CT molecular complexity index is 532. The Morgan fingerprint density at radius 3 is 2.58 bits per heavy atom. The van der Waals surface area contributed by atoms with E-state index in [9.17, 15) is 24.1 Å². The third-order valence-electron chi connectivity index (χ3n) is 2.38. The first-order chi connectivity index (χ1) is 8.86. The van der Waals surface area contributed by atoms with E-state index in [0.717, 1.165) is 17.0 Å². The fraction of sp³-hybridized carbons (Fsp3) is 0.273. The molecule has 0 saturated carbocycles. The van der Waals surface area contributed by atoms with Crippen LogP contribution in [-0.4, -0.2) is 39.9 Å². The summed E-state index contributed by atoms with van der Waals surface area (Å²) in [5.74, 6) is -2.90. The molecule has 1 amide bonds. The van der Waals surface area contributed by atoms with E-state index in [1.54, 1.807) is 0 Å². The van der Waals surface area contributed by atoms with E-state index in [2.05, 4.69) is 0 Å². The number of nitrogens with zero attached hydrogens (tertiary/aromatic N) is 2. The maximum Gasteiger partial charge on any atom is 0.323 e. The van der Waals surface area contributed by atoms with Crippen LogP contribution >= 0.6 is 0 Å². The van der Waals surface area contributed by atoms with Crippen molar-refractivity contribution in [3.05, 3.63) is 39.7 Å². The van der Waals surface area contributed by atoms with Gasteiger partial charge < -0.3 is 10.0 Å². The lowest BCUT2D eigenvalue weighted by molar-refractivity contribution is -0.385. The summed E-state index contributed by atoms with van der Waals surface area (Å²) in [5, 5.41) is 19.4. The van der Waals surface area contributed by atoms with Crippen LogP contribution in [0.3, 0.4) is 0 Å². The number of halogens is 1. The minimum atomic E-state index is -1.24. The average Bonchev–Trinajstić information content (AvgIpc) is 2.34. The zero-order valence-corrected chi connectivity index (χ0v) is 10.00. The van der Waals surface area contributed by atoms with Crippen LogP contribution in [0.2, 0.25) is 0 Å². The van der Waals surface area contributed by atoms with Crippen LogP contribution in [0.4, 0.5) is 10.1 Å². The molecule has 0 spiro atoms. The van der Waals surface area contributed by atoms with Crippen LogP contribution in [0.15, 0.2) is 18.2 Å². The number of nitro benzene ring substituents is 1. The van der Waals surface area contributed by atoms with E-state index in [4.69, 9.17) is 5.11 Å². The maximum absolute atomic E-state index is 12.9. The minimum absolute atomic E-state index is 0.0691. The molecule has 1 aromatic rings. The van der Waals surface area contributed by atoms with E-state index >= 15 is 0 Å². The first kappa shape index (κ1) is 14.6. The Hall–Kier alpha value is -2.51. The van der Waals surface area contributed by atoms with Gasteiger partial charge in [-0.2, -0.15) is 0 Å². The van der Waals surface area contributed by atoms with E-state index < -0.39 is 34.8 Å². The van der Waals surface area contributed by atoms with Gasteiger partial charge in [0.1, 0.15) is 17.9 Å². The molecule has 0 saturated heterocycles. The second-order valence-corrected chi connectivity index (χ2v) is 3.63. The predicted molar refractivity (Wildman–Crippen MR) is 62.3 cm³/mol. The third-order valence-corrected chi connectivity index (χ3v) is 2.38. The van der Waals surface area contributed by atoms with E-state index in [1.165, 1.54) is 6.92 Å². The number of aliphatic carboxylic acids is 1. The van der Waals surface area contributed by atoms with Crippen molar-refractivity contribution in [3.8, 4) is 0 Å². The molecular weight excluding hydrogens is 259 g/mol. The summed E-state index contributed by atoms with van der Waals surface area (Å²) in [6.07, 6.45) is 0. The molecule has 0 aromatic heterocycles. The number of amides is 1. The molecule has 0 fully saturated rings. The number of hydrogen-bond acceptors (Lipinski definition) is 4. The van der Waals surface area contributed by atoms with Gasteiger partial charge in [0.05, 0.1) is 11.0 Å². The van der Waals surface area contributed by atoms with Gasteiger partial charge in [0.25, 0.3) is 11.6 Å². The smallest absolute Gasteiger partial charge is 0.323 e. The van der Waals surface area contributed by atoms with Gasteiger partial charge in [-0.25, -0.2) is 4.39 Å². The number of carbonyl (C=O) groups is 2. The number of carboxylic acids is 1. The van der Waals surface area contributed by atoms with Gasteiger partial charge in [0.2, 0.25) is 0 Å².